The van der Waals surface area contributed by atoms with Gasteiger partial charge in [0.1, 0.15) is 0 Å². The van der Waals surface area contributed by atoms with E-state index in [2.05, 4.69) is 16.9 Å². The molecule has 1 aromatic heterocycles. The summed E-state index contributed by atoms with van der Waals surface area (Å²) < 4.78 is 28.7. The molecular weight excluding hydrogens is 420 g/mol. The first kappa shape index (κ1) is 22.4. The zero-order chi connectivity index (χ0) is 21.9. The Kier molecular flexibility index (Phi) is 6.87. The number of rotatable bonds is 6. The molecule has 1 aliphatic heterocycles. The molecule has 1 fully saturated rings. The molecule has 0 spiro atoms. The van der Waals surface area contributed by atoms with Crippen LogP contribution in [0.1, 0.15) is 32.3 Å². The van der Waals surface area contributed by atoms with Gasteiger partial charge >= 0.3 is 0 Å². The summed E-state index contributed by atoms with van der Waals surface area (Å²) in [5, 5.41) is 3.20. The van der Waals surface area contributed by atoms with E-state index in [9.17, 15) is 13.2 Å². The molecule has 1 saturated heterocycles. The summed E-state index contributed by atoms with van der Waals surface area (Å²) in [5.41, 5.74) is 8.10. The Labute approximate surface area is 181 Å². The molecule has 0 aliphatic carbocycles. The molecule has 3 rings (SSSR count). The number of carbonyl (C=O) groups excluding carboxylic acids is 1. The van der Waals surface area contributed by atoms with E-state index < -0.39 is 10.0 Å². The minimum absolute atomic E-state index is 0.143. The summed E-state index contributed by atoms with van der Waals surface area (Å²) in [6, 6.07) is 5.43. The van der Waals surface area contributed by atoms with Crippen LogP contribution in [0.4, 0.5) is 5.13 Å². The third-order valence-electron chi connectivity index (χ3n) is 4.75. The average Bonchev–Trinajstić information content (AvgIpc) is 3.08. The van der Waals surface area contributed by atoms with Crippen LogP contribution in [-0.4, -0.2) is 42.7 Å². The molecule has 1 aliphatic rings. The van der Waals surface area contributed by atoms with Gasteiger partial charge in [0.2, 0.25) is 15.9 Å². The maximum Gasteiger partial charge on any atom is 0.243 e. The number of thiazole rings is 1. The van der Waals surface area contributed by atoms with Crippen molar-refractivity contribution in [3.05, 3.63) is 53.5 Å². The van der Waals surface area contributed by atoms with Crippen molar-refractivity contribution >= 4 is 48.2 Å². The highest BCUT2D eigenvalue weighted by Crippen LogP contribution is 2.30. The molecule has 30 heavy (non-hydrogen) atoms. The topological polar surface area (TPSA) is 105 Å². The molecule has 0 bridgehead atoms. The van der Waals surface area contributed by atoms with Crippen LogP contribution in [0, 0.1) is 0 Å². The predicted octanol–water partition coefficient (Wildman–Crippen LogP) is 3.48. The van der Waals surface area contributed by atoms with Crippen molar-refractivity contribution < 1.29 is 13.2 Å². The highest BCUT2D eigenvalue weighted by Gasteiger charge is 2.29. The molecule has 1 amide bonds. The van der Waals surface area contributed by atoms with Gasteiger partial charge in [-0.25, -0.2) is 13.4 Å². The number of hydrogen-bond donors (Lipinski definition) is 2. The molecule has 1 aromatic carbocycles. The van der Waals surface area contributed by atoms with Gasteiger partial charge < -0.3 is 11.1 Å². The lowest BCUT2D eigenvalue weighted by atomic mass is 10.1. The number of fused-ring (bicyclic) bond motifs is 1. The van der Waals surface area contributed by atoms with Gasteiger partial charge in [0.15, 0.2) is 5.13 Å². The van der Waals surface area contributed by atoms with E-state index in [0.717, 1.165) is 28.6 Å². The van der Waals surface area contributed by atoms with Crippen molar-refractivity contribution in [1.29, 1.82) is 0 Å². The Morgan fingerprint density at radius 3 is 2.87 bits per heavy atom. The van der Waals surface area contributed by atoms with E-state index in [0.29, 0.717) is 23.8 Å². The van der Waals surface area contributed by atoms with E-state index in [1.165, 1.54) is 22.6 Å². The number of nitrogens with zero attached hydrogens (tertiary/aromatic N) is 2. The zero-order valence-electron chi connectivity index (χ0n) is 17.1. The van der Waals surface area contributed by atoms with Gasteiger partial charge in [0.05, 0.1) is 15.1 Å². The van der Waals surface area contributed by atoms with Gasteiger partial charge in [-0.15, -0.1) is 0 Å². The predicted molar refractivity (Wildman–Crippen MR) is 124 cm³/mol. The van der Waals surface area contributed by atoms with Crippen molar-refractivity contribution in [2.75, 3.05) is 18.4 Å². The van der Waals surface area contributed by atoms with Gasteiger partial charge in [0.25, 0.3) is 0 Å². The molecular formula is C21H26N4O3S2. The number of carbonyl (C=O) groups is 1. The number of hydrogen-bond acceptors (Lipinski definition) is 6. The summed E-state index contributed by atoms with van der Waals surface area (Å²) in [4.78, 5) is 15.8. The quantitative estimate of drug-likeness (QED) is 0.661. The summed E-state index contributed by atoms with van der Waals surface area (Å²) in [5.74, 6) is -0.180. The summed E-state index contributed by atoms with van der Waals surface area (Å²) in [6.45, 7) is 8.08. The van der Waals surface area contributed by atoms with Gasteiger partial charge in [-0.3, -0.25) is 4.79 Å². The Morgan fingerprint density at radius 2 is 2.20 bits per heavy atom. The van der Waals surface area contributed by atoms with E-state index >= 15 is 0 Å². The first-order valence-electron chi connectivity index (χ1n) is 9.68. The summed E-state index contributed by atoms with van der Waals surface area (Å²) in [6.07, 6.45) is 6.46. The van der Waals surface area contributed by atoms with E-state index in [-0.39, 0.29) is 16.9 Å². The number of piperidine rings is 1. The Bertz CT molecular complexity index is 1130. The molecule has 1 atom stereocenters. The van der Waals surface area contributed by atoms with E-state index in [1.54, 1.807) is 25.2 Å². The lowest BCUT2D eigenvalue weighted by Crippen LogP contribution is -2.45. The molecule has 1 unspecified atom stereocenters. The van der Waals surface area contributed by atoms with Crippen LogP contribution in [0.25, 0.3) is 15.8 Å². The van der Waals surface area contributed by atoms with Crippen molar-refractivity contribution in [3.63, 3.8) is 0 Å². The number of benzene rings is 1. The smallest absolute Gasteiger partial charge is 0.243 e. The molecule has 7 nitrogen and oxygen atoms in total. The second-order valence-electron chi connectivity index (χ2n) is 7.22. The van der Waals surface area contributed by atoms with Crippen LogP contribution >= 0.6 is 11.3 Å². The third-order valence-corrected chi connectivity index (χ3v) is 7.54. The minimum Gasteiger partial charge on any atom is -0.327 e. The molecule has 0 saturated carbocycles. The Balaban J connectivity index is 1.92. The van der Waals surface area contributed by atoms with E-state index in [4.69, 9.17) is 5.73 Å². The Morgan fingerprint density at radius 1 is 1.43 bits per heavy atom. The lowest BCUT2D eigenvalue weighted by molar-refractivity contribution is -0.114. The van der Waals surface area contributed by atoms with Crippen molar-refractivity contribution in [2.24, 2.45) is 5.73 Å². The fourth-order valence-electron chi connectivity index (χ4n) is 3.30. The maximum absolute atomic E-state index is 13.2. The monoisotopic (exact) mass is 446 g/mol. The molecule has 3 N–H and O–H groups in total. The van der Waals surface area contributed by atoms with Gasteiger partial charge in [-0.1, -0.05) is 30.1 Å². The van der Waals surface area contributed by atoms with Crippen LogP contribution in [0.15, 0.2) is 47.9 Å². The number of anilines is 1. The van der Waals surface area contributed by atoms with E-state index in [1.807, 2.05) is 18.2 Å². The zero-order valence-corrected chi connectivity index (χ0v) is 18.7. The minimum atomic E-state index is -3.66. The molecule has 9 heteroatoms. The standard InChI is InChI=1S/C21H26N4O3S2/c1-4-6-18(30(27,28)25-10-5-7-17(22)13-25)11-14(2)16-8-9-19-20(12-16)29-21(24-19)23-15(3)26/h4,6,8-9,11-12,17H,2,5,7,10,13,22H2,1,3H3,(H,23,24,26). The average molecular weight is 447 g/mol. The largest absolute Gasteiger partial charge is 0.327 e. The SMILES string of the molecule is C=C(C=C(C=CC)S(=O)(=O)N1CCCC(N)C1)c1ccc2nc(NC(C)=O)sc2c1. The van der Waals surface area contributed by atoms with Crippen molar-refractivity contribution in [2.45, 2.75) is 32.7 Å². The number of amides is 1. The van der Waals surface area contributed by atoms with Crippen LogP contribution < -0.4 is 11.1 Å². The number of nitrogens with two attached hydrogens (primary N) is 1. The van der Waals surface area contributed by atoms with Crippen molar-refractivity contribution in [1.82, 2.24) is 9.29 Å². The molecule has 2 heterocycles. The highest BCUT2D eigenvalue weighted by atomic mass is 32.2. The lowest BCUT2D eigenvalue weighted by Gasteiger charge is -2.30. The summed E-state index contributed by atoms with van der Waals surface area (Å²) in [7, 11) is -3.66. The molecule has 2 aromatic rings. The first-order valence-corrected chi connectivity index (χ1v) is 11.9. The number of sulfonamides is 1. The second kappa shape index (κ2) is 9.22. The first-order chi connectivity index (χ1) is 14.2. The number of nitrogens with one attached hydrogen (secondary N) is 1. The summed E-state index contributed by atoms with van der Waals surface area (Å²) >= 11 is 1.36. The maximum atomic E-state index is 13.2. The second-order valence-corrected chi connectivity index (χ2v) is 10.2. The third kappa shape index (κ3) is 5.04. The molecule has 0 radical (unpaired) electrons. The number of aromatic nitrogens is 1. The van der Waals surface area contributed by atoms with Crippen LogP contribution in [0.2, 0.25) is 0 Å². The van der Waals surface area contributed by atoms with Gasteiger partial charge in [0, 0.05) is 26.1 Å². The van der Waals surface area contributed by atoms with Crippen molar-refractivity contribution in [3.8, 4) is 0 Å². The fourth-order valence-corrected chi connectivity index (χ4v) is 5.90. The highest BCUT2D eigenvalue weighted by molar-refractivity contribution is 7.93. The number of allylic oxidation sites excluding steroid dienone is 4. The Hall–Kier alpha value is -2.33. The van der Waals surface area contributed by atoms with Crippen LogP contribution in [-0.2, 0) is 14.8 Å². The van der Waals surface area contributed by atoms with Crippen LogP contribution in [0.3, 0.4) is 0 Å². The fraction of sp³-hybridized carbons (Fsp3) is 0.333. The molecule has 160 valence electrons. The van der Waals surface area contributed by atoms with Crippen LogP contribution in [0.5, 0.6) is 0 Å². The van der Waals surface area contributed by atoms with Gasteiger partial charge in [-0.2, -0.15) is 4.31 Å². The van der Waals surface area contributed by atoms with Gasteiger partial charge in [-0.05, 0) is 55.2 Å². The normalized spacial score (nSPS) is 18.8.